The fraction of sp³-hybridized carbons (Fsp3) is 0.364. The van der Waals surface area contributed by atoms with E-state index in [2.05, 4.69) is 0 Å². The maximum Gasteiger partial charge on any atom is 0.511 e. The molecule has 0 aliphatic carbocycles. The molecule has 1 aromatic carbocycles. The maximum atomic E-state index is 13.6. The minimum Gasteiger partial charge on any atom is -0.489 e. The predicted molar refractivity (Wildman–Crippen MR) is 71.4 cm³/mol. The molecule has 1 aromatic rings. The zero-order valence-electron chi connectivity index (χ0n) is 11.3. The first-order valence-corrected chi connectivity index (χ1v) is 7.65. The average molecular weight is 380 g/mol. The number of hydrogen-bond acceptors (Lipinski definition) is 4. The van der Waals surface area contributed by atoms with Crippen molar-refractivity contribution in [2.24, 2.45) is 0 Å². The van der Waals surface area contributed by atoms with Crippen LogP contribution in [0.5, 0.6) is 5.75 Å². The fourth-order valence-electron chi connectivity index (χ4n) is 1.38. The molecule has 0 saturated carbocycles. The predicted octanol–water partition coefficient (Wildman–Crippen LogP) is 2.38. The lowest BCUT2D eigenvalue weighted by molar-refractivity contribution is -0.0451. The molecule has 0 amide bonds. The lowest BCUT2D eigenvalue weighted by atomic mass is 10.2. The quantitative estimate of drug-likeness (QED) is 0.740. The van der Waals surface area contributed by atoms with Crippen molar-refractivity contribution in [3.63, 3.8) is 0 Å². The zero-order valence-corrected chi connectivity index (χ0v) is 12.9. The Hall–Kier alpha value is -1.59. The van der Waals surface area contributed by atoms with Gasteiger partial charge in [-0.25, -0.2) is 22.3 Å². The minimum absolute atomic E-state index is 0.395. The van der Waals surface area contributed by atoms with Gasteiger partial charge in [-0.05, 0) is 19.1 Å². The molecule has 0 bridgehead atoms. The number of alkyl halides is 3. The lowest BCUT2D eigenvalue weighted by Crippen LogP contribution is -2.43. The molecule has 130 valence electrons. The summed E-state index contributed by atoms with van der Waals surface area (Å²) >= 11 is 5.50. The van der Waals surface area contributed by atoms with E-state index in [-0.39, 0.29) is 0 Å². The summed E-state index contributed by atoms with van der Waals surface area (Å²) in [6.07, 6.45) is 0. The number of carbonyl (C=O) groups is 1. The van der Waals surface area contributed by atoms with E-state index >= 15 is 0 Å². The molecular formula is C11H10ClF4NO5S. The number of halogens is 5. The molecule has 0 aliphatic heterocycles. The third-order valence-corrected chi connectivity index (χ3v) is 4.04. The number of ether oxygens (including phenoxy) is 1. The maximum absolute atomic E-state index is 13.6. The molecule has 0 aliphatic rings. The van der Waals surface area contributed by atoms with E-state index in [1.807, 2.05) is 0 Å². The standard InChI is InChI=1S/C11H10ClF4NO5S/c1-5(17-23(20,21)11(14,15)16)4-22-9-2-6(10(18)19)7(12)3-8(9)13/h2-3,5,17H,4H2,1H3,(H,18,19)/t5-/m0/s1. The van der Waals surface area contributed by atoms with Gasteiger partial charge in [0, 0.05) is 0 Å². The highest BCUT2D eigenvalue weighted by Crippen LogP contribution is 2.26. The highest BCUT2D eigenvalue weighted by Gasteiger charge is 2.46. The van der Waals surface area contributed by atoms with Gasteiger partial charge < -0.3 is 9.84 Å². The fourth-order valence-corrected chi connectivity index (χ4v) is 2.35. The Labute approximate surface area is 133 Å². The van der Waals surface area contributed by atoms with Crippen LogP contribution in [0.4, 0.5) is 17.6 Å². The number of carboxylic acids is 1. The van der Waals surface area contributed by atoms with Crippen LogP contribution in [0.25, 0.3) is 0 Å². The number of sulfonamides is 1. The second-order valence-corrected chi connectivity index (χ2v) is 6.46. The summed E-state index contributed by atoms with van der Waals surface area (Å²) in [5.74, 6) is -3.11. The van der Waals surface area contributed by atoms with Gasteiger partial charge in [0.1, 0.15) is 6.61 Å². The van der Waals surface area contributed by atoms with Crippen molar-refractivity contribution in [1.82, 2.24) is 4.72 Å². The van der Waals surface area contributed by atoms with Crippen LogP contribution in [0.2, 0.25) is 5.02 Å². The summed E-state index contributed by atoms with van der Waals surface area (Å²) < 4.78 is 77.9. The molecular weight excluding hydrogens is 370 g/mol. The summed E-state index contributed by atoms with van der Waals surface area (Å²) in [4.78, 5) is 10.8. The third kappa shape index (κ3) is 4.94. The molecule has 2 N–H and O–H groups in total. The van der Waals surface area contributed by atoms with Crippen LogP contribution < -0.4 is 9.46 Å². The van der Waals surface area contributed by atoms with Gasteiger partial charge in [0.2, 0.25) is 0 Å². The van der Waals surface area contributed by atoms with E-state index in [1.165, 1.54) is 4.72 Å². The third-order valence-electron chi connectivity index (χ3n) is 2.40. The first-order chi connectivity index (χ1) is 10.3. The van der Waals surface area contributed by atoms with Gasteiger partial charge >= 0.3 is 21.5 Å². The molecule has 0 spiro atoms. The summed E-state index contributed by atoms with van der Waals surface area (Å²) in [6, 6.07) is 0.0422. The number of nitrogens with one attached hydrogen (secondary N) is 1. The van der Waals surface area contributed by atoms with E-state index in [0.717, 1.165) is 13.0 Å². The van der Waals surface area contributed by atoms with Gasteiger partial charge in [-0.15, -0.1) is 0 Å². The molecule has 0 aromatic heterocycles. The summed E-state index contributed by atoms with van der Waals surface area (Å²) in [5, 5.41) is 8.43. The van der Waals surface area contributed by atoms with Crippen molar-refractivity contribution in [2.45, 2.75) is 18.5 Å². The zero-order chi connectivity index (χ0) is 18.0. The van der Waals surface area contributed by atoms with Crippen molar-refractivity contribution in [2.75, 3.05) is 6.61 Å². The Bertz CT molecular complexity index is 707. The van der Waals surface area contributed by atoms with Crippen molar-refractivity contribution in [3.05, 3.63) is 28.5 Å². The van der Waals surface area contributed by atoms with Gasteiger partial charge in [-0.1, -0.05) is 11.6 Å². The highest BCUT2D eigenvalue weighted by atomic mass is 35.5. The van der Waals surface area contributed by atoms with Crippen molar-refractivity contribution in [1.29, 1.82) is 0 Å². The number of benzene rings is 1. The number of aromatic carboxylic acids is 1. The Balaban J connectivity index is 2.83. The summed E-state index contributed by atoms with van der Waals surface area (Å²) in [6.45, 7) is 0.377. The lowest BCUT2D eigenvalue weighted by Gasteiger charge is -2.17. The Morgan fingerprint density at radius 1 is 1.43 bits per heavy atom. The first-order valence-electron chi connectivity index (χ1n) is 5.79. The molecule has 0 radical (unpaired) electrons. The molecule has 1 rings (SSSR count). The Kier molecular flexibility index (Phi) is 5.83. The first kappa shape index (κ1) is 19.5. The van der Waals surface area contributed by atoms with Gasteiger partial charge in [0.05, 0.1) is 16.6 Å². The van der Waals surface area contributed by atoms with Crippen molar-refractivity contribution in [3.8, 4) is 5.75 Å². The van der Waals surface area contributed by atoms with E-state index in [9.17, 15) is 30.8 Å². The number of hydrogen-bond donors (Lipinski definition) is 2. The molecule has 12 heteroatoms. The van der Waals surface area contributed by atoms with Crippen LogP contribution in [0.1, 0.15) is 17.3 Å². The van der Waals surface area contributed by atoms with Crippen molar-refractivity contribution < 1.29 is 40.6 Å². The van der Waals surface area contributed by atoms with Crippen LogP contribution in [0.3, 0.4) is 0 Å². The van der Waals surface area contributed by atoms with Gasteiger partial charge in [0.25, 0.3) is 0 Å². The molecule has 0 unspecified atom stereocenters. The largest absolute Gasteiger partial charge is 0.511 e. The van der Waals surface area contributed by atoms with E-state index in [4.69, 9.17) is 21.4 Å². The van der Waals surface area contributed by atoms with E-state index in [0.29, 0.717) is 6.07 Å². The van der Waals surface area contributed by atoms with E-state index in [1.54, 1.807) is 0 Å². The minimum atomic E-state index is -5.58. The average Bonchev–Trinajstić information content (AvgIpc) is 2.35. The Morgan fingerprint density at radius 3 is 2.48 bits per heavy atom. The molecule has 0 fully saturated rings. The van der Waals surface area contributed by atoms with Crippen LogP contribution in [-0.4, -0.2) is 37.7 Å². The van der Waals surface area contributed by atoms with Crippen LogP contribution >= 0.6 is 11.6 Å². The van der Waals surface area contributed by atoms with Gasteiger partial charge in [-0.2, -0.15) is 13.2 Å². The van der Waals surface area contributed by atoms with Crippen molar-refractivity contribution >= 4 is 27.6 Å². The number of carboxylic acid groups (broad SMARTS) is 1. The Morgan fingerprint density at radius 2 is 2.00 bits per heavy atom. The summed E-state index contributed by atoms with van der Waals surface area (Å²) in [7, 11) is -5.58. The van der Waals surface area contributed by atoms with Gasteiger partial charge in [0.15, 0.2) is 11.6 Å². The normalized spacial score (nSPS) is 13.7. The topological polar surface area (TPSA) is 92.7 Å². The smallest absolute Gasteiger partial charge is 0.489 e. The monoisotopic (exact) mass is 379 g/mol. The molecule has 23 heavy (non-hydrogen) atoms. The second-order valence-electron chi connectivity index (χ2n) is 4.35. The van der Waals surface area contributed by atoms with E-state index < -0.39 is 56.3 Å². The summed E-state index contributed by atoms with van der Waals surface area (Å²) in [5.41, 5.74) is -5.98. The molecule has 0 saturated heterocycles. The molecule has 1 atom stereocenters. The highest BCUT2D eigenvalue weighted by molar-refractivity contribution is 7.90. The van der Waals surface area contributed by atoms with Crippen LogP contribution in [0, 0.1) is 5.82 Å². The molecule has 6 nitrogen and oxygen atoms in total. The van der Waals surface area contributed by atoms with Gasteiger partial charge in [-0.3, -0.25) is 0 Å². The van der Waals surface area contributed by atoms with Crippen LogP contribution in [0.15, 0.2) is 12.1 Å². The second kappa shape index (κ2) is 6.89. The molecule has 0 heterocycles. The SMILES string of the molecule is C[C@@H](COc1cc(C(=O)O)c(Cl)cc1F)NS(=O)(=O)C(F)(F)F. The number of rotatable bonds is 6. The van der Waals surface area contributed by atoms with Crippen LogP contribution in [-0.2, 0) is 10.0 Å².